The van der Waals surface area contributed by atoms with E-state index >= 15 is 0 Å². The summed E-state index contributed by atoms with van der Waals surface area (Å²) < 4.78 is 34.2. The molecule has 0 radical (unpaired) electrons. The highest BCUT2D eigenvalue weighted by molar-refractivity contribution is 7.92. The smallest absolute Gasteiger partial charge is 0.264 e. The quantitative estimate of drug-likeness (QED) is 0.246. The molecule has 3 aromatic rings. The number of ether oxygens (including phenoxy) is 1. The Balaban J connectivity index is 2.08. The van der Waals surface area contributed by atoms with Crippen LogP contribution in [0.1, 0.15) is 38.3 Å². The summed E-state index contributed by atoms with van der Waals surface area (Å²) in [5.41, 5.74) is 1.68. The lowest BCUT2D eigenvalue weighted by Crippen LogP contribution is -2.52. The minimum atomic E-state index is -4.27. The van der Waals surface area contributed by atoms with E-state index in [0.717, 1.165) is 15.4 Å². The lowest BCUT2D eigenvalue weighted by atomic mass is 10.1. The molecule has 0 heterocycles. The lowest BCUT2D eigenvalue weighted by molar-refractivity contribution is -0.140. The first-order valence-corrected chi connectivity index (χ1v) is 15.8. The summed E-state index contributed by atoms with van der Waals surface area (Å²) in [6.07, 6.45) is 0.314. The predicted molar refractivity (Wildman–Crippen MR) is 168 cm³/mol. The monoisotopic (exact) mass is 633 g/mol. The molecule has 1 atom stereocenters. The molecule has 0 saturated heterocycles. The van der Waals surface area contributed by atoms with E-state index in [9.17, 15) is 18.0 Å². The van der Waals surface area contributed by atoms with Crippen molar-refractivity contribution in [1.82, 2.24) is 10.2 Å². The van der Waals surface area contributed by atoms with Gasteiger partial charge in [0.2, 0.25) is 11.8 Å². The van der Waals surface area contributed by atoms with Crippen LogP contribution in [0.2, 0.25) is 10.0 Å². The van der Waals surface area contributed by atoms with Gasteiger partial charge in [-0.3, -0.25) is 13.9 Å². The van der Waals surface area contributed by atoms with Gasteiger partial charge in [0.1, 0.15) is 18.3 Å². The number of carbonyl (C=O) groups excluding carboxylic acids is 2. The molecule has 3 aromatic carbocycles. The highest BCUT2D eigenvalue weighted by atomic mass is 35.5. The lowest BCUT2D eigenvalue weighted by Gasteiger charge is -2.33. The average molecular weight is 635 g/mol. The first-order valence-electron chi connectivity index (χ1n) is 13.6. The van der Waals surface area contributed by atoms with E-state index in [1.807, 2.05) is 27.7 Å². The Morgan fingerprint density at radius 1 is 0.976 bits per heavy atom. The van der Waals surface area contributed by atoms with E-state index < -0.39 is 28.5 Å². The summed E-state index contributed by atoms with van der Waals surface area (Å²) in [7, 11) is -2.71. The second kappa shape index (κ2) is 14.8. The summed E-state index contributed by atoms with van der Waals surface area (Å²) in [4.78, 5) is 28.9. The molecule has 226 valence electrons. The third-order valence-electron chi connectivity index (χ3n) is 6.65. The number of halogens is 2. The maximum Gasteiger partial charge on any atom is 0.264 e. The van der Waals surface area contributed by atoms with Crippen molar-refractivity contribution in [2.75, 3.05) is 24.5 Å². The van der Waals surface area contributed by atoms with E-state index in [2.05, 4.69) is 5.32 Å². The van der Waals surface area contributed by atoms with E-state index in [-0.39, 0.29) is 39.0 Å². The molecule has 0 fully saturated rings. The standard InChI is InChI=1S/C31H37Cl2N3O5S/c1-6-28(31(38)34-18-21(2)3)35(19-23-9-12-25(41-5)13-10-23)30(37)20-36(29-17-24(32)11-16-27(29)33)42(39,40)26-14-7-22(4)8-15-26/h7-17,21,28H,6,18-20H2,1-5H3,(H,34,38)/t28-/m1/s1. The molecule has 3 rings (SSSR count). The third kappa shape index (κ3) is 8.40. The molecule has 0 aliphatic carbocycles. The van der Waals surface area contributed by atoms with Gasteiger partial charge in [-0.1, -0.05) is 73.8 Å². The Labute approximate surface area is 258 Å². The molecular weight excluding hydrogens is 597 g/mol. The topological polar surface area (TPSA) is 96.0 Å². The molecule has 0 aromatic heterocycles. The minimum Gasteiger partial charge on any atom is -0.497 e. The molecule has 8 nitrogen and oxygen atoms in total. The fourth-order valence-corrected chi connectivity index (χ4v) is 6.16. The number of sulfonamides is 1. The number of amides is 2. The minimum absolute atomic E-state index is 0.0136. The number of methoxy groups -OCH3 is 1. The van der Waals surface area contributed by atoms with Crippen molar-refractivity contribution in [1.29, 1.82) is 0 Å². The molecule has 2 amide bonds. The zero-order valence-electron chi connectivity index (χ0n) is 24.4. The van der Waals surface area contributed by atoms with Gasteiger partial charge in [-0.15, -0.1) is 0 Å². The predicted octanol–water partition coefficient (Wildman–Crippen LogP) is 6.09. The average Bonchev–Trinajstić information content (AvgIpc) is 2.96. The van der Waals surface area contributed by atoms with Gasteiger partial charge in [0.15, 0.2) is 0 Å². The molecule has 11 heteroatoms. The SMILES string of the molecule is CC[C@H](C(=O)NCC(C)C)N(Cc1ccc(OC)cc1)C(=O)CN(c1cc(Cl)ccc1Cl)S(=O)(=O)c1ccc(C)cc1. The summed E-state index contributed by atoms with van der Waals surface area (Å²) in [5.74, 6) is -0.0486. The highest BCUT2D eigenvalue weighted by Crippen LogP contribution is 2.33. The van der Waals surface area contributed by atoms with Crippen LogP contribution in [0.15, 0.2) is 71.6 Å². The summed E-state index contributed by atoms with van der Waals surface area (Å²) in [6, 6.07) is 17.0. The summed E-state index contributed by atoms with van der Waals surface area (Å²) in [6.45, 7) is 7.50. The van der Waals surface area contributed by atoms with E-state index in [0.29, 0.717) is 18.7 Å². The largest absolute Gasteiger partial charge is 0.497 e. The van der Waals surface area contributed by atoms with Crippen LogP contribution in [0.5, 0.6) is 5.75 Å². The Kier molecular flexibility index (Phi) is 11.7. The van der Waals surface area contributed by atoms with Crippen LogP contribution in [0, 0.1) is 12.8 Å². The van der Waals surface area contributed by atoms with Gasteiger partial charge in [-0.2, -0.15) is 0 Å². The molecule has 0 spiro atoms. The van der Waals surface area contributed by atoms with Gasteiger partial charge in [0.05, 0.1) is 22.7 Å². The number of carbonyl (C=O) groups is 2. The van der Waals surface area contributed by atoms with Crippen LogP contribution in [0.4, 0.5) is 5.69 Å². The van der Waals surface area contributed by atoms with Crippen LogP contribution in [0.3, 0.4) is 0 Å². The van der Waals surface area contributed by atoms with Crippen molar-refractivity contribution in [2.45, 2.75) is 51.6 Å². The van der Waals surface area contributed by atoms with E-state index in [1.54, 1.807) is 43.5 Å². The molecule has 0 aliphatic rings. The number of hydrogen-bond acceptors (Lipinski definition) is 5. The molecule has 1 N–H and O–H groups in total. The van der Waals surface area contributed by atoms with Crippen LogP contribution in [0.25, 0.3) is 0 Å². The van der Waals surface area contributed by atoms with Gasteiger partial charge >= 0.3 is 0 Å². The molecule has 0 bridgehead atoms. The second-order valence-corrected chi connectivity index (χ2v) is 13.1. The molecule has 42 heavy (non-hydrogen) atoms. The summed E-state index contributed by atoms with van der Waals surface area (Å²) in [5, 5.41) is 3.27. The van der Waals surface area contributed by atoms with Crippen LogP contribution < -0.4 is 14.4 Å². The molecule has 0 saturated carbocycles. The number of benzene rings is 3. The van der Waals surface area contributed by atoms with Crippen LogP contribution >= 0.6 is 23.2 Å². The van der Waals surface area contributed by atoms with Crippen LogP contribution in [-0.2, 0) is 26.2 Å². The third-order valence-corrected chi connectivity index (χ3v) is 8.98. The highest BCUT2D eigenvalue weighted by Gasteiger charge is 2.34. The van der Waals surface area contributed by atoms with Crippen molar-refractivity contribution in [2.24, 2.45) is 5.92 Å². The number of nitrogens with one attached hydrogen (secondary N) is 1. The number of hydrogen-bond donors (Lipinski definition) is 1. The van der Waals surface area contributed by atoms with Gasteiger partial charge in [0, 0.05) is 18.1 Å². The van der Waals surface area contributed by atoms with E-state index in [1.165, 1.54) is 35.2 Å². The number of nitrogens with zero attached hydrogens (tertiary/aromatic N) is 2. The van der Waals surface area contributed by atoms with Crippen molar-refractivity contribution >= 4 is 50.7 Å². The Bertz CT molecular complexity index is 1480. The van der Waals surface area contributed by atoms with Crippen molar-refractivity contribution < 1.29 is 22.7 Å². The first-order chi connectivity index (χ1) is 19.9. The summed E-state index contributed by atoms with van der Waals surface area (Å²) >= 11 is 12.7. The maximum atomic E-state index is 14.2. The van der Waals surface area contributed by atoms with Crippen molar-refractivity contribution in [3.05, 3.63) is 87.9 Å². The zero-order valence-corrected chi connectivity index (χ0v) is 26.8. The van der Waals surface area contributed by atoms with Gasteiger partial charge in [0.25, 0.3) is 10.0 Å². The van der Waals surface area contributed by atoms with Crippen molar-refractivity contribution in [3.63, 3.8) is 0 Å². The Morgan fingerprint density at radius 2 is 1.62 bits per heavy atom. The molecule has 0 aliphatic heterocycles. The van der Waals surface area contributed by atoms with Gasteiger partial charge in [-0.25, -0.2) is 8.42 Å². The van der Waals surface area contributed by atoms with E-state index in [4.69, 9.17) is 27.9 Å². The second-order valence-electron chi connectivity index (χ2n) is 10.4. The first kappa shape index (κ1) is 33.2. The number of aryl methyl sites for hydroxylation is 1. The molecular formula is C31H37Cl2N3O5S. The number of rotatable bonds is 13. The van der Waals surface area contributed by atoms with Gasteiger partial charge < -0.3 is 15.0 Å². The number of anilines is 1. The van der Waals surface area contributed by atoms with Crippen molar-refractivity contribution in [3.8, 4) is 5.75 Å². The van der Waals surface area contributed by atoms with Gasteiger partial charge in [-0.05, 0) is 67.3 Å². The molecule has 0 unspecified atom stereocenters. The zero-order chi connectivity index (χ0) is 31.0. The fraction of sp³-hybridized carbons (Fsp3) is 0.355. The fourth-order valence-electron chi connectivity index (χ4n) is 4.30. The van der Waals surface area contributed by atoms with Crippen LogP contribution in [-0.4, -0.2) is 51.4 Å². The Morgan fingerprint density at radius 3 is 2.19 bits per heavy atom. The maximum absolute atomic E-state index is 14.2. The normalized spacial score (nSPS) is 12.1. The Hall–Kier alpha value is -3.27.